The van der Waals surface area contributed by atoms with Gasteiger partial charge in [-0.15, -0.1) is 0 Å². The molecule has 0 aromatic carbocycles. The minimum atomic E-state index is 1.25. The molecular formula is C14H24N2. The zero-order valence-corrected chi connectivity index (χ0v) is 10.6. The third-order valence-electron chi connectivity index (χ3n) is 2.74. The van der Waals surface area contributed by atoms with E-state index in [1.165, 1.54) is 50.6 Å². The van der Waals surface area contributed by atoms with Crippen molar-refractivity contribution in [2.24, 2.45) is 0 Å². The van der Waals surface area contributed by atoms with Gasteiger partial charge < -0.3 is 11.8 Å². The largest absolute Gasteiger partial charge is 0.512 e. The summed E-state index contributed by atoms with van der Waals surface area (Å²) in [7, 11) is 0. The van der Waals surface area contributed by atoms with Crippen LogP contribution in [0.25, 0.3) is 0 Å². The molecule has 2 nitrogen and oxygen atoms in total. The van der Waals surface area contributed by atoms with E-state index in [1.807, 2.05) is 0 Å². The third-order valence-corrected chi connectivity index (χ3v) is 2.74. The topological polar surface area (TPSA) is 28.2 Å². The SMILES string of the molecule is CCCCCC[NH+]1C=CC(CCC)=C1.[C-]#N. The van der Waals surface area contributed by atoms with Gasteiger partial charge in [0, 0.05) is 11.6 Å². The molecular weight excluding hydrogens is 196 g/mol. The van der Waals surface area contributed by atoms with Gasteiger partial charge in [0.2, 0.25) is 0 Å². The summed E-state index contributed by atoms with van der Waals surface area (Å²) < 4.78 is 0. The fourth-order valence-electron chi connectivity index (χ4n) is 1.90. The molecule has 0 saturated heterocycles. The van der Waals surface area contributed by atoms with E-state index in [1.54, 1.807) is 4.90 Å². The summed E-state index contributed by atoms with van der Waals surface area (Å²) in [5.41, 5.74) is 1.53. The van der Waals surface area contributed by atoms with Crippen LogP contribution in [0.4, 0.5) is 0 Å². The number of nitrogens with zero attached hydrogens (tertiary/aromatic N) is 1. The summed E-state index contributed by atoms with van der Waals surface area (Å²) in [4.78, 5) is 1.55. The standard InChI is InChI=1S/C13H23N.CN/c1-3-5-6-7-10-14-11-9-13(12-14)8-4-2;1-2/h9,11-12H,3-8,10H2,1-2H3;/q;-1/p+1. The average molecular weight is 220 g/mol. The van der Waals surface area contributed by atoms with Gasteiger partial charge >= 0.3 is 0 Å². The van der Waals surface area contributed by atoms with E-state index in [9.17, 15) is 0 Å². The lowest BCUT2D eigenvalue weighted by molar-refractivity contribution is -0.788. The fourth-order valence-corrected chi connectivity index (χ4v) is 1.90. The molecule has 90 valence electrons. The van der Waals surface area contributed by atoms with Crippen LogP contribution in [0.1, 0.15) is 52.4 Å². The smallest absolute Gasteiger partial charge is 0.102 e. The van der Waals surface area contributed by atoms with Crippen LogP contribution in [0.2, 0.25) is 0 Å². The Morgan fingerprint density at radius 2 is 1.88 bits per heavy atom. The minimum absolute atomic E-state index is 1.25. The minimum Gasteiger partial charge on any atom is -0.512 e. The van der Waals surface area contributed by atoms with Gasteiger partial charge in [0.05, 0.1) is 12.7 Å². The number of rotatable bonds is 7. The molecule has 1 heterocycles. The number of allylic oxidation sites excluding steroid dienone is 2. The second-order valence-electron chi connectivity index (χ2n) is 4.19. The van der Waals surface area contributed by atoms with Crippen LogP contribution in [0.5, 0.6) is 0 Å². The van der Waals surface area contributed by atoms with E-state index in [0.717, 1.165) is 0 Å². The maximum Gasteiger partial charge on any atom is 0.102 e. The van der Waals surface area contributed by atoms with Crippen molar-refractivity contribution in [3.8, 4) is 0 Å². The molecule has 0 saturated carbocycles. The van der Waals surface area contributed by atoms with Crippen LogP contribution in [0.3, 0.4) is 0 Å². The highest BCUT2D eigenvalue weighted by molar-refractivity contribution is 5.17. The molecule has 0 aliphatic carbocycles. The normalized spacial score (nSPS) is 17.8. The Hall–Kier alpha value is -1.07. The van der Waals surface area contributed by atoms with Crippen molar-refractivity contribution in [3.05, 3.63) is 30.6 Å². The van der Waals surface area contributed by atoms with Crippen LogP contribution in [-0.2, 0) is 0 Å². The van der Waals surface area contributed by atoms with E-state index in [4.69, 9.17) is 11.8 Å². The molecule has 0 fully saturated rings. The van der Waals surface area contributed by atoms with Crippen molar-refractivity contribution in [2.45, 2.75) is 52.4 Å². The van der Waals surface area contributed by atoms with Crippen molar-refractivity contribution < 1.29 is 4.90 Å². The van der Waals surface area contributed by atoms with Crippen LogP contribution in [0, 0.1) is 11.8 Å². The first-order valence-electron chi connectivity index (χ1n) is 6.33. The van der Waals surface area contributed by atoms with Gasteiger partial charge in [0.1, 0.15) is 6.20 Å². The molecule has 2 heteroatoms. The Morgan fingerprint density at radius 3 is 2.50 bits per heavy atom. The molecule has 1 rings (SSSR count). The van der Waals surface area contributed by atoms with Crippen molar-refractivity contribution in [1.82, 2.24) is 0 Å². The van der Waals surface area contributed by atoms with Gasteiger partial charge in [0.15, 0.2) is 0 Å². The Balaban J connectivity index is 0.00000106. The van der Waals surface area contributed by atoms with Gasteiger partial charge in [-0.05, 0) is 19.3 Å². The van der Waals surface area contributed by atoms with Gasteiger partial charge in [-0.1, -0.05) is 33.1 Å². The lowest BCUT2D eigenvalue weighted by Gasteiger charge is -2.05. The molecule has 0 radical (unpaired) electrons. The number of hydrogen-bond acceptors (Lipinski definition) is 1. The number of nitrogens with one attached hydrogen (secondary N) is 1. The highest BCUT2D eigenvalue weighted by Crippen LogP contribution is 2.06. The maximum absolute atomic E-state index is 6.25. The summed E-state index contributed by atoms with van der Waals surface area (Å²) in [6.45, 7) is 10.5. The first-order valence-corrected chi connectivity index (χ1v) is 6.33. The summed E-state index contributed by atoms with van der Waals surface area (Å²) in [6, 6.07) is 0. The second-order valence-corrected chi connectivity index (χ2v) is 4.19. The van der Waals surface area contributed by atoms with E-state index in [2.05, 4.69) is 32.3 Å². The van der Waals surface area contributed by atoms with Gasteiger partial charge in [-0.2, -0.15) is 0 Å². The van der Waals surface area contributed by atoms with Gasteiger partial charge in [-0.3, -0.25) is 4.90 Å². The summed E-state index contributed by atoms with van der Waals surface area (Å²) in [5.74, 6) is 0. The van der Waals surface area contributed by atoms with E-state index in [0.29, 0.717) is 0 Å². The lowest BCUT2D eigenvalue weighted by Crippen LogP contribution is -3.01. The fraction of sp³-hybridized carbons (Fsp3) is 0.643. The van der Waals surface area contributed by atoms with Crippen molar-refractivity contribution in [1.29, 1.82) is 5.26 Å². The Bertz CT molecular complexity index is 238. The number of quaternary nitrogens is 1. The van der Waals surface area contributed by atoms with Gasteiger partial charge in [0.25, 0.3) is 0 Å². The maximum atomic E-state index is 6.25. The molecule has 0 bridgehead atoms. The Kier molecular flexibility index (Phi) is 9.75. The predicted molar refractivity (Wildman–Crippen MR) is 67.1 cm³/mol. The van der Waals surface area contributed by atoms with Crippen LogP contribution < -0.4 is 4.90 Å². The van der Waals surface area contributed by atoms with Crippen LogP contribution in [-0.4, -0.2) is 6.54 Å². The molecule has 1 unspecified atom stereocenters. The zero-order valence-electron chi connectivity index (χ0n) is 10.6. The molecule has 1 atom stereocenters. The van der Waals surface area contributed by atoms with Crippen molar-refractivity contribution in [2.75, 3.05) is 6.54 Å². The average Bonchev–Trinajstić information content (AvgIpc) is 2.76. The Labute approximate surface area is 100 Å². The summed E-state index contributed by atoms with van der Waals surface area (Å²) in [6.07, 6.45) is 15.0. The molecule has 0 aromatic rings. The number of hydrogen-bond donors (Lipinski definition) is 1. The van der Waals surface area contributed by atoms with Gasteiger partial charge in [-0.25, -0.2) is 0 Å². The highest BCUT2D eigenvalue weighted by atomic mass is 15.1. The third kappa shape index (κ3) is 6.42. The van der Waals surface area contributed by atoms with E-state index >= 15 is 0 Å². The molecule has 1 N–H and O–H groups in total. The lowest BCUT2D eigenvalue weighted by atomic mass is 10.2. The van der Waals surface area contributed by atoms with E-state index in [-0.39, 0.29) is 0 Å². The molecule has 0 aromatic heterocycles. The molecule has 1 aliphatic rings. The quantitative estimate of drug-likeness (QED) is 0.518. The summed E-state index contributed by atoms with van der Waals surface area (Å²) >= 11 is 0. The molecule has 0 spiro atoms. The van der Waals surface area contributed by atoms with Crippen molar-refractivity contribution >= 4 is 0 Å². The second kappa shape index (κ2) is 10.4. The van der Waals surface area contributed by atoms with Crippen LogP contribution in [0.15, 0.2) is 24.0 Å². The first kappa shape index (κ1) is 14.9. The molecule has 1 aliphatic heterocycles. The van der Waals surface area contributed by atoms with Crippen molar-refractivity contribution in [3.63, 3.8) is 0 Å². The monoisotopic (exact) mass is 220 g/mol. The Morgan fingerprint density at radius 1 is 1.12 bits per heavy atom. The summed E-state index contributed by atoms with van der Waals surface area (Å²) in [5, 5.41) is 6.25. The first-order chi connectivity index (χ1) is 7.86. The zero-order chi connectivity index (χ0) is 12.2. The highest BCUT2D eigenvalue weighted by Gasteiger charge is 2.09. The predicted octanol–water partition coefficient (Wildman–Crippen LogP) is 2.76. The molecule has 16 heavy (non-hydrogen) atoms. The number of unbranched alkanes of at least 4 members (excludes halogenated alkanes) is 3. The van der Waals surface area contributed by atoms with Crippen LogP contribution >= 0.6 is 0 Å². The van der Waals surface area contributed by atoms with E-state index < -0.39 is 0 Å². The molecule has 0 amide bonds.